The molecule has 0 heterocycles. The number of halogens is 3. The Balaban J connectivity index is 3.11. The summed E-state index contributed by atoms with van der Waals surface area (Å²) in [6.45, 7) is 0. The van der Waals surface area contributed by atoms with Crippen molar-refractivity contribution in [3.05, 3.63) is 33.8 Å². The minimum absolute atomic E-state index is 0.0967. The van der Waals surface area contributed by atoms with Crippen molar-refractivity contribution in [1.29, 1.82) is 0 Å². The van der Waals surface area contributed by atoms with Gasteiger partial charge in [0.25, 0.3) is 6.43 Å². The Bertz CT molecular complexity index is 299. The van der Waals surface area contributed by atoms with Gasteiger partial charge < -0.3 is 0 Å². The summed E-state index contributed by atoms with van der Waals surface area (Å²) in [7, 11) is 0. The monoisotopic (exact) mass is 234 g/mol. The Morgan fingerprint density at radius 2 is 2.08 bits per heavy atom. The fourth-order valence-electron chi connectivity index (χ4n) is 0.794. The van der Waals surface area contributed by atoms with Crippen molar-refractivity contribution in [2.24, 2.45) is 0 Å². The van der Waals surface area contributed by atoms with Gasteiger partial charge in [-0.2, -0.15) is 0 Å². The van der Waals surface area contributed by atoms with Crippen LogP contribution in [-0.4, -0.2) is 6.29 Å². The van der Waals surface area contributed by atoms with E-state index in [0.717, 1.165) is 0 Å². The first-order chi connectivity index (χ1) is 5.65. The van der Waals surface area contributed by atoms with Crippen molar-refractivity contribution >= 4 is 22.2 Å². The molecule has 1 aromatic rings. The predicted molar refractivity (Wildman–Crippen MR) is 44.5 cm³/mol. The molecular formula is C8H5BrF2O. The molecule has 0 aliphatic heterocycles. The largest absolute Gasteiger partial charge is 0.298 e. The van der Waals surface area contributed by atoms with Crippen molar-refractivity contribution < 1.29 is 13.6 Å². The van der Waals surface area contributed by atoms with E-state index < -0.39 is 6.43 Å². The maximum absolute atomic E-state index is 12.1. The van der Waals surface area contributed by atoms with Crippen LogP contribution in [0.2, 0.25) is 0 Å². The number of aldehydes is 1. The molecule has 1 aromatic carbocycles. The Kier molecular flexibility index (Phi) is 2.92. The van der Waals surface area contributed by atoms with Gasteiger partial charge >= 0.3 is 0 Å². The molecule has 4 heteroatoms. The van der Waals surface area contributed by atoms with Crippen molar-refractivity contribution in [3.63, 3.8) is 0 Å². The fourth-order valence-corrected chi connectivity index (χ4v) is 1.36. The third kappa shape index (κ3) is 1.88. The van der Waals surface area contributed by atoms with Gasteiger partial charge in [-0.3, -0.25) is 4.79 Å². The highest BCUT2D eigenvalue weighted by Crippen LogP contribution is 2.27. The van der Waals surface area contributed by atoms with Crippen LogP contribution in [0.15, 0.2) is 22.7 Å². The summed E-state index contributed by atoms with van der Waals surface area (Å²) in [5, 5.41) is 0. The number of alkyl halides is 2. The van der Waals surface area contributed by atoms with Gasteiger partial charge in [0.15, 0.2) is 0 Å². The van der Waals surface area contributed by atoms with Gasteiger partial charge in [-0.25, -0.2) is 8.78 Å². The molecule has 1 nitrogen and oxygen atoms in total. The molecule has 1 rings (SSSR count). The standard InChI is InChI=1S/C8H5BrF2O/c9-7-3-5(4-12)1-2-6(7)8(10)11/h1-4,8H. The third-order valence-electron chi connectivity index (χ3n) is 1.40. The molecule has 0 aromatic heterocycles. The molecule has 0 amide bonds. The minimum Gasteiger partial charge on any atom is -0.298 e. The zero-order chi connectivity index (χ0) is 9.14. The van der Waals surface area contributed by atoms with E-state index >= 15 is 0 Å². The van der Waals surface area contributed by atoms with Gasteiger partial charge in [-0.15, -0.1) is 0 Å². The Morgan fingerprint density at radius 1 is 1.42 bits per heavy atom. The summed E-state index contributed by atoms with van der Waals surface area (Å²) in [5.74, 6) is 0. The first-order valence-electron chi connectivity index (χ1n) is 3.18. The average molecular weight is 235 g/mol. The van der Waals surface area contributed by atoms with E-state index in [4.69, 9.17) is 0 Å². The fraction of sp³-hybridized carbons (Fsp3) is 0.125. The molecule has 0 bridgehead atoms. The molecule has 0 saturated carbocycles. The molecule has 0 N–H and O–H groups in total. The SMILES string of the molecule is O=Cc1ccc(C(F)F)c(Br)c1. The van der Waals surface area contributed by atoms with Crippen LogP contribution in [0.5, 0.6) is 0 Å². The molecule has 0 fully saturated rings. The molecule has 0 aliphatic rings. The second-order valence-electron chi connectivity index (χ2n) is 2.20. The van der Waals surface area contributed by atoms with Crippen molar-refractivity contribution in [2.45, 2.75) is 6.43 Å². The van der Waals surface area contributed by atoms with E-state index in [-0.39, 0.29) is 10.0 Å². The summed E-state index contributed by atoms with van der Waals surface area (Å²) >= 11 is 2.95. The van der Waals surface area contributed by atoms with Crippen molar-refractivity contribution in [2.75, 3.05) is 0 Å². The Morgan fingerprint density at radius 3 is 2.50 bits per heavy atom. The summed E-state index contributed by atoms with van der Waals surface area (Å²) in [5.41, 5.74) is 0.284. The van der Waals surface area contributed by atoms with Crippen LogP contribution in [0.3, 0.4) is 0 Å². The van der Waals surface area contributed by atoms with Crippen LogP contribution in [0.1, 0.15) is 22.3 Å². The maximum atomic E-state index is 12.1. The lowest BCUT2D eigenvalue weighted by Crippen LogP contribution is -1.88. The number of hydrogen-bond donors (Lipinski definition) is 0. The van der Waals surface area contributed by atoms with Crippen LogP contribution < -0.4 is 0 Å². The first-order valence-corrected chi connectivity index (χ1v) is 3.97. The molecule has 0 aliphatic carbocycles. The number of carbonyl (C=O) groups is 1. The molecule has 12 heavy (non-hydrogen) atoms. The third-order valence-corrected chi connectivity index (χ3v) is 2.08. The van der Waals surface area contributed by atoms with E-state index in [1.807, 2.05) is 0 Å². The molecule has 0 radical (unpaired) electrons. The maximum Gasteiger partial charge on any atom is 0.264 e. The predicted octanol–water partition coefficient (Wildman–Crippen LogP) is 3.20. The second kappa shape index (κ2) is 3.76. The van der Waals surface area contributed by atoms with E-state index in [0.29, 0.717) is 11.8 Å². The topological polar surface area (TPSA) is 17.1 Å². The van der Waals surface area contributed by atoms with E-state index in [1.165, 1.54) is 18.2 Å². The Hall–Kier alpha value is -0.770. The lowest BCUT2D eigenvalue weighted by Gasteiger charge is -2.02. The minimum atomic E-state index is -2.51. The van der Waals surface area contributed by atoms with Gasteiger partial charge in [-0.1, -0.05) is 28.1 Å². The number of rotatable bonds is 2. The molecule has 0 saturated heterocycles. The van der Waals surface area contributed by atoms with E-state index in [2.05, 4.69) is 15.9 Å². The van der Waals surface area contributed by atoms with Gasteiger partial charge in [-0.05, 0) is 6.07 Å². The number of benzene rings is 1. The van der Waals surface area contributed by atoms with Gasteiger partial charge in [0.2, 0.25) is 0 Å². The zero-order valence-electron chi connectivity index (χ0n) is 5.93. The van der Waals surface area contributed by atoms with Gasteiger partial charge in [0.05, 0.1) is 0 Å². The summed E-state index contributed by atoms with van der Waals surface area (Å²) in [6, 6.07) is 3.96. The first kappa shape index (κ1) is 9.32. The smallest absolute Gasteiger partial charge is 0.264 e. The van der Waals surface area contributed by atoms with Crippen LogP contribution in [0.4, 0.5) is 8.78 Å². The average Bonchev–Trinajstić information content (AvgIpc) is 2.03. The lowest BCUT2D eigenvalue weighted by molar-refractivity contribution is 0.112. The number of carbonyl (C=O) groups excluding carboxylic acids is 1. The van der Waals surface area contributed by atoms with E-state index in [9.17, 15) is 13.6 Å². The van der Waals surface area contributed by atoms with Crippen molar-refractivity contribution in [1.82, 2.24) is 0 Å². The van der Waals surface area contributed by atoms with Crippen LogP contribution in [-0.2, 0) is 0 Å². The highest BCUT2D eigenvalue weighted by Gasteiger charge is 2.10. The summed E-state index contributed by atoms with van der Waals surface area (Å²) in [4.78, 5) is 10.2. The molecule has 0 atom stereocenters. The van der Waals surface area contributed by atoms with Crippen LogP contribution in [0.25, 0.3) is 0 Å². The van der Waals surface area contributed by atoms with Gasteiger partial charge in [0, 0.05) is 15.6 Å². The molecule has 0 unspecified atom stereocenters. The normalized spacial score (nSPS) is 10.3. The summed E-state index contributed by atoms with van der Waals surface area (Å²) < 4.78 is 24.6. The summed E-state index contributed by atoms with van der Waals surface area (Å²) in [6.07, 6.45) is -1.90. The zero-order valence-corrected chi connectivity index (χ0v) is 7.51. The van der Waals surface area contributed by atoms with Crippen LogP contribution in [0, 0.1) is 0 Å². The van der Waals surface area contributed by atoms with Crippen molar-refractivity contribution in [3.8, 4) is 0 Å². The van der Waals surface area contributed by atoms with Gasteiger partial charge in [0.1, 0.15) is 6.29 Å². The molecular weight excluding hydrogens is 230 g/mol. The lowest BCUT2D eigenvalue weighted by atomic mass is 10.1. The van der Waals surface area contributed by atoms with Crippen LogP contribution >= 0.6 is 15.9 Å². The van der Waals surface area contributed by atoms with E-state index in [1.54, 1.807) is 0 Å². The number of hydrogen-bond acceptors (Lipinski definition) is 1. The second-order valence-corrected chi connectivity index (χ2v) is 3.05. The highest BCUT2D eigenvalue weighted by atomic mass is 79.9. The Labute approximate surface area is 76.5 Å². The molecule has 0 spiro atoms. The molecule has 64 valence electrons. The quantitative estimate of drug-likeness (QED) is 0.719. The highest BCUT2D eigenvalue weighted by molar-refractivity contribution is 9.10.